The SMILES string of the molecule is CCCCCCCC/C=C/CCCCCCCCCC(=O)OC1C(OCC(NC(=O)C(O)CCCCCCCCCCCC)C(O)/C=C/CCCCCCCCCCC)OC(CO)C(O)C1O. The normalized spacial score (nSPS) is 20.1. The van der Waals surface area contributed by atoms with E-state index in [0.29, 0.717) is 19.3 Å². The fourth-order valence-electron chi connectivity index (χ4n) is 8.82. The van der Waals surface area contributed by atoms with Crippen molar-refractivity contribution in [1.29, 1.82) is 0 Å². The molecule has 6 N–H and O–H groups in total. The fourth-order valence-corrected chi connectivity index (χ4v) is 8.82. The van der Waals surface area contributed by atoms with Crippen molar-refractivity contribution in [1.82, 2.24) is 5.32 Å². The summed E-state index contributed by atoms with van der Waals surface area (Å²) >= 11 is 0. The summed E-state index contributed by atoms with van der Waals surface area (Å²) in [6, 6.07) is -1.02. The second-order valence-corrected chi connectivity index (χ2v) is 19.7. The third-order valence-corrected chi connectivity index (χ3v) is 13.4. The lowest BCUT2D eigenvalue weighted by Gasteiger charge is -2.41. The molecule has 1 saturated heterocycles. The number of allylic oxidation sites excluding steroid dienone is 3. The number of ether oxygens (including phenoxy) is 3. The first kappa shape index (κ1) is 63.2. The van der Waals surface area contributed by atoms with E-state index in [9.17, 15) is 35.1 Å². The number of rotatable bonds is 47. The van der Waals surface area contributed by atoms with Gasteiger partial charge in [-0.15, -0.1) is 0 Å². The van der Waals surface area contributed by atoms with Gasteiger partial charge in [0.05, 0.1) is 25.4 Å². The van der Waals surface area contributed by atoms with E-state index < -0.39 is 67.4 Å². The Balaban J connectivity index is 2.71. The summed E-state index contributed by atoms with van der Waals surface area (Å²) in [6.45, 7) is 5.75. The third-order valence-electron chi connectivity index (χ3n) is 13.4. The van der Waals surface area contributed by atoms with E-state index in [0.717, 1.165) is 70.6 Å². The molecule has 0 saturated carbocycles. The van der Waals surface area contributed by atoms with Crippen LogP contribution in [0.4, 0.5) is 0 Å². The molecule has 67 heavy (non-hydrogen) atoms. The van der Waals surface area contributed by atoms with Gasteiger partial charge in [0.1, 0.15) is 24.4 Å². The molecular weight excluding hydrogens is 847 g/mol. The van der Waals surface area contributed by atoms with Gasteiger partial charge in [-0.25, -0.2) is 0 Å². The summed E-state index contributed by atoms with van der Waals surface area (Å²) in [7, 11) is 0. The van der Waals surface area contributed by atoms with E-state index in [4.69, 9.17) is 14.2 Å². The highest BCUT2D eigenvalue weighted by atomic mass is 16.7. The molecule has 8 atom stereocenters. The van der Waals surface area contributed by atoms with Crippen molar-refractivity contribution >= 4 is 11.9 Å². The zero-order valence-corrected chi connectivity index (χ0v) is 43.3. The smallest absolute Gasteiger partial charge is 0.306 e. The zero-order valence-electron chi connectivity index (χ0n) is 43.3. The number of aliphatic hydroxyl groups is 5. The van der Waals surface area contributed by atoms with Crippen molar-refractivity contribution in [3.8, 4) is 0 Å². The number of carbonyl (C=O) groups excluding carboxylic acids is 2. The maximum Gasteiger partial charge on any atom is 0.306 e. The Morgan fingerprint density at radius 3 is 1.45 bits per heavy atom. The van der Waals surface area contributed by atoms with Crippen LogP contribution < -0.4 is 5.32 Å². The highest BCUT2D eigenvalue weighted by molar-refractivity contribution is 5.80. The lowest BCUT2D eigenvalue weighted by Crippen LogP contribution is -2.61. The largest absolute Gasteiger partial charge is 0.454 e. The standard InChI is InChI=1S/C56H105NO10/c1-4-7-10-13-16-19-22-23-24-25-26-27-29-32-35-38-41-44-51(61)67-54-53(63)52(62)50(45-58)66-56(54)65-46-47(48(59)42-39-36-33-31-28-20-17-14-11-8-5-2)57-55(64)49(60)43-40-37-34-30-21-18-15-12-9-6-3/h23-24,39,42,47-50,52-54,56,58-60,62-63H,4-22,25-38,40-41,43-46H2,1-3H3,(H,57,64)/b24-23+,42-39+. The summed E-state index contributed by atoms with van der Waals surface area (Å²) in [6.07, 6.45) is 39.4. The van der Waals surface area contributed by atoms with Gasteiger partial charge in [0, 0.05) is 6.42 Å². The molecule has 0 aromatic carbocycles. The van der Waals surface area contributed by atoms with E-state index in [1.807, 2.05) is 6.08 Å². The lowest BCUT2D eigenvalue weighted by atomic mass is 9.99. The average Bonchev–Trinajstić information content (AvgIpc) is 3.32. The van der Waals surface area contributed by atoms with Gasteiger partial charge in [0.2, 0.25) is 5.91 Å². The van der Waals surface area contributed by atoms with Gasteiger partial charge in [-0.2, -0.15) is 0 Å². The van der Waals surface area contributed by atoms with Gasteiger partial charge in [-0.05, 0) is 51.4 Å². The summed E-state index contributed by atoms with van der Waals surface area (Å²) in [5.41, 5.74) is 0. The van der Waals surface area contributed by atoms with Gasteiger partial charge >= 0.3 is 5.97 Å². The maximum absolute atomic E-state index is 13.3. The molecule has 8 unspecified atom stereocenters. The summed E-state index contributed by atoms with van der Waals surface area (Å²) in [4.78, 5) is 26.4. The Bertz CT molecular complexity index is 1180. The minimum absolute atomic E-state index is 0.122. The lowest BCUT2D eigenvalue weighted by molar-refractivity contribution is -0.305. The number of carbonyl (C=O) groups is 2. The van der Waals surface area contributed by atoms with Crippen molar-refractivity contribution in [3.05, 3.63) is 24.3 Å². The van der Waals surface area contributed by atoms with Gasteiger partial charge in [0.25, 0.3) is 0 Å². The van der Waals surface area contributed by atoms with Crippen molar-refractivity contribution < 1.29 is 49.3 Å². The van der Waals surface area contributed by atoms with E-state index in [1.165, 1.54) is 141 Å². The van der Waals surface area contributed by atoms with Crippen LogP contribution in [0, 0.1) is 0 Å². The Labute approximate surface area is 410 Å². The predicted molar refractivity (Wildman–Crippen MR) is 274 cm³/mol. The second-order valence-electron chi connectivity index (χ2n) is 19.7. The number of aliphatic hydroxyl groups excluding tert-OH is 5. The van der Waals surface area contributed by atoms with Crippen molar-refractivity contribution in [3.63, 3.8) is 0 Å². The van der Waals surface area contributed by atoms with Crippen molar-refractivity contribution in [2.75, 3.05) is 13.2 Å². The monoisotopic (exact) mass is 952 g/mol. The van der Waals surface area contributed by atoms with Crippen LogP contribution in [0.1, 0.15) is 258 Å². The molecule has 1 rings (SSSR count). The van der Waals surface area contributed by atoms with Crippen LogP contribution in [0.3, 0.4) is 0 Å². The van der Waals surface area contributed by atoms with Crippen LogP contribution in [0.15, 0.2) is 24.3 Å². The second kappa shape index (κ2) is 45.3. The van der Waals surface area contributed by atoms with E-state index in [1.54, 1.807) is 6.08 Å². The van der Waals surface area contributed by atoms with E-state index >= 15 is 0 Å². The fraction of sp³-hybridized carbons (Fsp3) is 0.893. The van der Waals surface area contributed by atoms with Crippen LogP contribution in [0.2, 0.25) is 0 Å². The molecule has 1 aliphatic heterocycles. The predicted octanol–water partition coefficient (Wildman–Crippen LogP) is 12.2. The molecular formula is C56H105NO10. The number of esters is 1. The molecule has 1 heterocycles. The van der Waals surface area contributed by atoms with Crippen LogP contribution >= 0.6 is 0 Å². The van der Waals surface area contributed by atoms with Gasteiger partial charge < -0.3 is 45.1 Å². The molecule has 0 aromatic heterocycles. The first-order valence-corrected chi connectivity index (χ1v) is 28.1. The molecule has 0 aromatic rings. The molecule has 11 nitrogen and oxygen atoms in total. The van der Waals surface area contributed by atoms with Crippen LogP contribution in [-0.4, -0.2) is 99.6 Å². The Morgan fingerprint density at radius 2 is 0.985 bits per heavy atom. The van der Waals surface area contributed by atoms with Gasteiger partial charge in [-0.3, -0.25) is 9.59 Å². The summed E-state index contributed by atoms with van der Waals surface area (Å²) < 4.78 is 17.5. The molecule has 1 amide bonds. The van der Waals surface area contributed by atoms with E-state index in [2.05, 4.69) is 38.2 Å². The molecule has 1 fully saturated rings. The number of hydrogen-bond donors (Lipinski definition) is 6. The first-order chi connectivity index (χ1) is 32.7. The highest BCUT2D eigenvalue weighted by Crippen LogP contribution is 2.26. The molecule has 11 heteroatoms. The topological polar surface area (TPSA) is 175 Å². The number of amides is 1. The van der Waals surface area contributed by atoms with Gasteiger partial charge in [-0.1, -0.05) is 225 Å². The number of hydrogen-bond acceptors (Lipinski definition) is 10. The molecule has 0 radical (unpaired) electrons. The quantitative estimate of drug-likeness (QED) is 0.0196. The third kappa shape index (κ3) is 34.2. The Hall–Kier alpha value is -1.86. The minimum Gasteiger partial charge on any atom is -0.454 e. The summed E-state index contributed by atoms with van der Waals surface area (Å²) in [5, 5.41) is 56.6. The van der Waals surface area contributed by atoms with Crippen molar-refractivity contribution in [2.45, 2.75) is 307 Å². The Kier molecular flexibility index (Phi) is 42.7. The average molecular weight is 952 g/mol. The Morgan fingerprint density at radius 1 is 0.567 bits per heavy atom. The zero-order chi connectivity index (χ0) is 49.0. The van der Waals surface area contributed by atoms with Crippen molar-refractivity contribution in [2.24, 2.45) is 0 Å². The van der Waals surface area contributed by atoms with Gasteiger partial charge in [0.15, 0.2) is 12.4 Å². The summed E-state index contributed by atoms with van der Waals surface area (Å²) in [5.74, 6) is -1.19. The van der Waals surface area contributed by atoms with Crippen LogP contribution in [0.5, 0.6) is 0 Å². The number of unbranched alkanes of at least 4 members (excludes halogenated alkanes) is 31. The molecule has 394 valence electrons. The first-order valence-electron chi connectivity index (χ1n) is 28.1. The minimum atomic E-state index is -1.61. The van der Waals surface area contributed by atoms with E-state index in [-0.39, 0.29) is 13.0 Å². The van der Waals surface area contributed by atoms with Crippen LogP contribution in [0.25, 0.3) is 0 Å². The van der Waals surface area contributed by atoms with Crippen LogP contribution in [-0.2, 0) is 23.8 Å². The maximum atomic E-state index is 13.3. The number of nitrogens with one attached hydrogen (secondary N) is 1. The molecule has 1 aliphatic rings. The molecule has 0 bridgehead atoms. The molecule has 0 spiro atoms. The highest BCUT2D eigenvalue weighted by Gasteiger charge is 2.47. The molecule has 0 aliphatic carbocycles.